The third kappa shape index (κ3) is 7.11. The van der Waals surface area contributed by atoms with E-state index in [2.05, 4.69) is 20.2 Å². The number of anilines is 1. The Bertz CT molecular complexity index is 1290. The zero-order valence-corrected chi connectivity index (χ0v) is 22.6. The molecular formula is C27H33FN4O5S. The monoisotopic (exact) mass is 544 g/mol. The Labute approximate surface area is 223 Å². The topological polar surface area (TPSA) is 103 Å². The summed E-state index contributed by atoms with van der Waals surface area (Å²) >= 11 is 0. The molecule has 1 aliphatic heterocycles. The lowest BCUT2D eigenvalue weighted by molar-refractivity contribution is 0.325. The summed E-state index contributed by atoms with van der Waals surface area (Å²) in [6.45, 7) is 6.94. The smallest absolute Gasteiger partial charge is 0.306 e. The van der Waals surface area contributed by atoms with Gasteiger partial charge in [0.1, 0.15) is 17.3 Å². The predicted molar refractivity (Wildman–Crippen MR) is 144 cm³/mol. The van der Waals surface area contributed by atoms with Crippen molar-refractivity contribution in [1.29, 1.82) is 0 Å². The van der Waals surface area contributed by atoms with E-state index in [1.165, 1.54) is 24.5 Å². The van der Waals surface area contributed by atoms with Crippen LogP contribution < -0.4 is 23.9 Å². The van der Waals surface area contributed by atoms with Crippen molar-refractivity contribution in [3.05, 3.63) is 60.2 Å². The molecule has 2 heterocycles. The molecule has 0 aliphatic carbocycles. The Balaban J connectivity index is 1.73. The first-order valence-corrected chi connectivity index (χ1v) is 14.5. The van der Waals surface area contributed by atoms with Gasteiger partial charge in [-0.05, 0) is 75.2 Å². The Hall–Kier alpha value is -3.44. The lowest BCUT2D eigenvalue weighted by Crippen LogP contribution is -2.43. The second-order valence-electron chi connectivity index (χ2n) is 8.96. The standard InChI is InChI=1S/C27H33FN4O5S/c1-4-35-24-14-19(15-25(36-5-2)26(24)20-6-8-21(28)9-7-20)18-32(22-10-12-29-13-11-22)27-30-16-23(17-31-27)37-38(3,33)34/h6-9,14-17,22,29H,4-5,10-13,18H2,1-3H3. The maximum absolute atomic E-state index is 13.6. The summed E-state index contributed by atoms with van der Waals surface area (Å²) in [7, 11) is -3.68. The zero-order valence-electron chi connectivity index (χ0n) is 21.8. The van der Waals surface area contributed by atoms with E-state index in [9.17, 15) is 12.8 Å². The third-order valence-electron chi connectivity index (χ3n) is 6.08. The molecule has 0 bridgehead atoms. The van der Waals surface area contributed by atoms with E-state index in [0.29, 0.717) is 37.2 Å². The highest BCUT2D eigenvalue weighted by atomic mass is 32.2. The fourth-order valence-corrected chi connectivity index (χ4v) is 4.96. The minimum Gasteiger partial charge on any atom is -0.493 e. The van der Waals surface area contributed by atoms with Crippen LogP contribution in [-0.2, 0) is 16.7 Å². The van der Waals surface area contributed by atoms with Gasteiger partial charge in [-0.3, -0.25) is 0 Å². The number of hydrogen-bond donors (Lipinski definition) is 1. The lowest BCUT2D eigenvalue weighted by Gasteiger charge is -2.35. The SMILES string of the molecule is CCOc1cc(CN(c2ncc(OS(C)(=O)=O)cn2)C2CCNCC2)cc(OCC)c1-c1ccc(F)cc1. The molecule has 1 saturated heterocycles. The fraction of sp³-hybridized carbons (Fsp3) is 0.407. The molecule has 0 unspecified atom stereocenters. The average Bonchev–Trinajstić information content (AvgIpc) is 2.89. The van der Waals surface area contributed by atoms with E-state index < -0.39 is 10.1 Å². The Morgan fingerprint density at radius 3 is 2.11 bits per heavy atom. The summed E-state index contributed by atoms with van der Waals surface area (Å²) in [4.78, 5) is 11.0. The normalized spacial score (nSPS) is 14.2. The van der Waals surface area contributed by atoms with Gasteiger partial charge in [-0.2, -0.15) is 8.42 Å². The van der Waals surface area contributed by atoms with Gasteiger partial charge in [0, 0.05) is 12.6 Å². The van der Waals surface area contributed by atoms with Crippen LogP contribution in [-0.4, -0.2) is 57.0 Å². The number of aromatic nitrogens is 2. The summed E-state index contributed by atoms with van der Waals surface area (Å²) in [5.74, 6) is 1.50. The Morgan fingerprint density at radius 2 is 1.58 bits per heavy atom. The molecule has 38 heavy (non-hydrogen) atoms. The molecule has 0 radical (unpaired) electrons. The maximum atomic E-state index is 13.6. The molecule has 0 amide bonds. The number of nitrogens with one attached hydrogen (secondary N) is 1. The summed E-state index contributed by atoms with van der Waals surface area (Å²) in [6.07, 6.45) is 5.51. The molecule has 204 valence electrons. The van der Waals surface area contributed by atoms with Crippen LogP contribution in [0.2, 0.25) is 0 Å². The molecule has 0 saturated carbocycles. The van der Waals surface area contributed by atoms with Gasteiger partial charge in [0.05, 0.1) is 37.4 Å². The van der Waals surface area contributed by atoms with Crippen LogP contribution in [0.5, 0.6) is 17.2 Å². The van der Waals surface area contributed by atoms with Crippen molar-refractivity contribution in [2.45, 2.75) is 39.3 Å². The molecule has 0 atom stereocenters. The largest absolute Gasteiger partial charge is 0.493 e. The number of nitrogens with zero attached hydrogens (tertiary/aromatic N) is 3. The van der Waals surface area contributed by atoms with Crippen LogP contribution in [0, 0.1) is 5.82 Å². The summed E-state index contributed by atoms with van der Waals surface area (Å²) < 4.78 is 53.6. The van der Waals surface area contributed by atoms with Crippen molar-refractivity contribution in [3.8, 4) is 28.4 Å². The molecule has 3 aromatic rings. The van der Waals surface area contributed by atoms with Gasteiger partial charge >= 0.3 is 10.1 Å². The number of benzene rings is 2. The van der Waals surface area contributed by atoms with Crippen LogP contribution in [0.3, 0.4) is 0 Å². The minimum absolute atomic E-state index is 0.0578. The van der Waals surface area contributed by atoms with Crippen molar-refractivity contribution < 1.29 is 26.5 Å². The molecule has 1 aromatic heterocycles. The van der Waals surface area contributed by atoms with Crippen molar-refractivity contribution >= 4 is 16.1 Å². The highest BCUT2D eigenvalue weighted by Crippen LogP contribution is 2.41. The van der Waals surface area contributed by atoms with Gasteiger partial charge in [0.25, 0.3) is 0 Å². The molecule has 4 rings (SSSR count). The number of piperidine rings is 1. The fourth-order valence-electron chi connectivity index (χ4n) is 4.53. The number of halogens is 1. The van der Waals surface area contributed by atoms with E-state index in [-0.39, 0.29) is 17.6 Å². The highest BCUT2D eigenvalue weighted by molar-refractivity contribution is 7.86. The van der Waals surface area contributed by atoms with Crippen LogP contribution in [0.4, 0.5) is 10.3 Å². The summed E-state index contributed by atoms with van der Waals surface area (Å²) in [6, 6.07) is 10.4. The van der Waals surface area contributed by atoms with Gasteiger partial charge in [-0.1, -0.05) is 12.1 Å². The number of ether oxygens (including phenoxy) is 2. The van der Waals surface area contributed by atoms with E-state index >= 15 is 0 Å². The molecule has 1 fully saturated rings. The van der Waals surface area contributed by atoms with E-state index in [0.717, 1.165) is 48.9 Å². The lowest BCUT2D eigenvalue weighted by atomic mass is 9.99. The van der Waals surface area contributed by atoms with E-state index in [1.54, 1.807) is 12.1 Å². The quantitative estimate of drug-likeness (QED) is 0.356. The first-order chi connectivity index (χ1) is 18.3. The number of hydrogen-bond acceptors (Lipinski definition) is 9. The molecule has 1 aliphatic rings. The van der Waals surface area contributed by atoms with Crippen molar-refractivity contribution in [2.24, 2.45) is 0 Å². The van der Waals surface area contributed by atoms with Crippen molar-refractivity contribution in [3.63, 3.8) is 0 Å². The van der Waals surface area contributed by atoms with E-state index in [1.807, 2.05) is 26.0 Å². The summed E-state index contributed by atoms with van der Waals surface area (Å²) in [5, 5.41) is 3.38. The molecule has 11 heteroatoms. The van der Waals surface area contributed by atoms with Crippen LogP contribution >= 0.6 is 0 Å². The second kappa shape index (κ2) is 12.4. The Kier molecular flexibility index (Phi) is 9.01. The van der Waals surface area contributed by atoms with Crippen LogP contribution in [0.15, 0.2) is 48.8 Å². The van der Waals surface area contributed by atoms with Gasteiger partial charge in [-0.15, -0.1) is 0 Å². The predicted octanol–water partition coefficient (Wildman–Crippen LogP) is 4.18. The van der Waals surface area contributed by atoms with Gasteiger partial charge < -0.3 is 23.9 Å². The Morgan fingerprint density at radius 1 is 1.00 bits per heavy atom. The van der Waals surface area contributed by atoms with Crippen molar-refractivity contribution in [1.82, 2.24) is 15.3 Å². The molecule has 9 nitrogen and oxygen atoms in total. The maximum Gasteiger partial charge on any atom is 0.306 e. The van der Waals surface area contributed by atoms with E-state index in [4.69, 9.17) is 13.7 Å². The molecule has 1 N–H and O–H groups in total. The highest BCUT2D eigenvalue weighted by Gasteiger charge is 2.25. The van der Waals surface area contributed by atoms with Gasteiger partial charge in [0.15, 0.2) is 5.75 Å². The second-order valence-corrected chi connectivity index (χ2v) is 10.5. The van der Waals surface area contributed by atoms with Gasteiger partial charge in [-0.25, -0.2) is 14.4 Å². The van der Waals surface area contributed by atoms with Crippen LogP contribution in [0.25, 0.3) is 11.1 Å². The molecule has 2 aromatic carbocycles. The van der Waals surface area contributed by atoms with Crippen LogP contribution in [0.1, 0.15) is 32.3 Å². The molecule has 0 spiro atoms. The third-order valence-corrected chi connectivity index (χ3v) is 6.57. The minimum atomic E-state index is -3.68. The zero-order chi connectivity index (χ0) is 27.1. The van der Waals surface area contributed by atoms with Crippen molar-refractivity contribution in [2.75, 3.05) is 37.5 Å². The number of rotatable bonds is 11. The first-order valence-electron chi connectivity index (χ1n) is 12.6. The molecular weight excluding hydrogens is 511 g/mol. The average molecular weight is 545 g/mol. The first kappa shape index (κ1) is 27.6. The summed E-state index contributed by atoms with van der Waals surface area (Å²) in [5.41, 5.74) is 2.50. The van der Waals surface area contributed by atoms with Gasteiger partial charge in [0.2, 0.25) is 5.95 Å².